The molecule has 1 amide bonds. The summed E-state index contributed by atoms with van der Waals surface area (Å²) in [6, 6.07) is 3.78. The Morgan fingerprint density at radius 1 is 1.26 bits per heavy atom. The average Bonchev–Trinajstić information content (AvgIpc) is 3.11. The van der Waals surface area contributed by atoms with Gasteiger partial charge in [-0.2, -0.15) is 0 Å². The summed E-state index contributed by atoms with van der Waals surface area (Å²) in [5, 5.41) is 0. The number of pyridine rings is 1. The van der Waals surface area contributed by atoms with Gasteiger partial charge >= 0.3 is 0 Å². The molecule has 2 aliphatic heterocycles. The molecule has 7 nitrogen and oxygen atoms in total. The summed E-state index contributed by atoms with van der Waals surface area (Å²) in [4.78, 5) is 36.1. The van der Waals surface area contributed by atoms with Gasteiger partial charge in [-0.25, -0.2) is 4.98 Å². The summed E-state index contributed by atoms with van der Waals surface area (Å²) >= 11 is 6.85. The molecule has 1 atom stereocenters. The predicted octanol–water partition coefficient (Wildman–Crippen LogP) is 4.26. The van der Waals surface area contributed by atoms with Crippen LogP contribution in [0.2, 0.25) is 0 Å². The lowest BCUT2D eigenvalue weighted by atomic mass is 9.99. The Hall–Kier alpha value is -2.23. The van der Waals surface area contributed by atoms with Gasteiger partial charge in [0, 0.05) is 25.8 Å². The van der Waals surface area contributed by atoms with Crippen LogP contribution in [0.5, 0.6) is 0 Å². The van der Waals surface area contributed by atoms with Crippen LogP contribution >= 0.6 is 24.0 Å². The van der Waals surface area contributed by atoms with E-state index in [2.05, 4.69) is 18.7 Å². The van der Waals surface area contributed by atoms with Gasteiger partial charge in [-0.05, 0) is 37.0 Å². The van der Waals surface area contributed by atoms with Gasteiger partial charge in [0.25, 0.3) is 11.5 Å². The van der Waals surface area contributed by atoms with Gasteiger partial charge in [0.1, 0.15) is 15.8 Å². The maximum absolute atomic E-state index is 13.6. The topological polar surface area (TPSA) is 67.2 Å². The lowest BCUT2D eigenvalue weighted by Gasteiger charge is -2.29. The molecule has 9 heteroatoms. The van der Waals surface area contributed by atoms with Crippen LogP contribution in [0.4, 0.5) is 5.82 Å². The SMILES string of the molecule is CCCCC(CC)CN1C(=O)C(=Cc2c(N3CCOCC3)nc3c(C)cccn3c2=O)SC1=S. The van der Waals surface area contributed by atoms with Gasteiger partial charge in [0.05, 0.1) is 23.7 Å². The van der Waals surface area contributed by atoms with E-state index in [-0.39, 0.29) is 11.5 Å². The second kappa shape index (κ2) is 11.0. The van der Waals surface area contributed by atoms with E-state index >= 15 is 0 Å². The van der Waals surface area contributed by atoms with Crippen molar-refractivity contribution in [1.82, 2.24) is 14.3 Å². The van der Waals surface area contributed by atoms with Crippen LogP contribution in [0.1, 0.15) is 50.7 Å². The van der Waals surface area contributed by atoms with E-state index in [4.69, 9.17) is 21.9 Å². The Balaban J connectivity index is 1.73. The van der Waals surface area contributed by atoms with Crippen LogP contribution in [0, 0.1) is 12.8 Å². The van der Waals surface area contributed by atoms with Crippen molar-refractivity contribution in [3.8, 4) is 0 Å². The lowest BCUT2D eigenvalue weighted by Crippen LogP contribution is -2.38. The Kier molecular flexibility index (Phi) is 8.06. The smallest absolute Gasteiger partial charge is 0.267 e. The number of morpholine rings is 1. The number of aryl methyl sites for hydroxylation is 1. The highest BCUT2D eigenvalue weighted by Gasteiger charge is 2.34. The molecule has 34 heavy (non-hydrogen) atoms. The molecule has 0 spiro atoms. The molecule has 0 N–H and O–H groups in total. The van der Waals surface area contributed by atoms with Crippen LogP contribution < -0.4 is 10.5 Å². The van der Waals surface area contributed by atoms with Crippen LogP contribution in [0.3, 0.4) is 0 Å². The first-order valence-electron chi connectivity index (χ1n) is 12.0. The summed E-state index contributed by atoms with van der Waals surface area (Å²) in [5.74, 6) is 0.899. The summed E-state index contributed by atoms with van der Waals surface area (Å²) in [7, 11) is 0. The number of fused-ring (bicyclic) bond motifs is 1. The van der Waals surface area contributed by atoms with E-state index in [9.17, 15) is 9.59 Å². The highest BCUT2D eigenvalue weighted by molar-refractivity contribution is 8.26. The monoisotopic (exact) mass is 500 g/mol. The molecule has 1 unspecified atom stereocenters. The summed E-state index contributed by atoms with van der Waals surface area (Å²) in [6.07, 6.45) is 7.79. The molecule has 4 heterocycles. The number of hydrogen-bond acceptors (Lipinski definition) is 7. The molecule has 2 saturated heterocycles. The van der Waals surface area contributed by atoms with E-state index in [0.29, 0.717) is 65.0 Å². The molecular weight excluding hydrogens is 468 g/mol. The average molecular weight is 501 g/mol. The zero-order valence-electron chi connectivity index (χ0n) is 20.1. The molecule has 0 aliphatic carbocycles. The number of thiocarbonyl (C=S) groups is 1. The molecule has 2 aromatic rings. The zero-order valence-corrected chi connectivity index (χ0v) is 21.7. The fraction of sp³-hybridized carbons (Fsp3) is 0.520. The van der Waals surface area contributed by atoms with E-state index in [1.54, 1.807) is 21.6 Å². The number of amides is 1. The fourth-order valence-corrected chi connectivity index (χ4v) is 5.66. The van der Waals surface area contributed by atoms with Gasteiger partial charge in [-0.1, -0.05) is 63.2 Å². The predicted molar refractivity (Wildman–Crippen MR) is 142 cm³/mol. The number of hydrogen-bond donors (Lipinski definition) is 0. The maximum Gasteiger partial charge on any atom is 0.267 e. The second-order valence-electron chi connectivity index (χ2n) is 8.85. The van der Waals surface area contributed by atoms with Crippen molar-refractivity contribution in [3.05, 3.63) is 44.7 Å². The number of unbranched alkanes of at least 4 members (excludes halogenated alkanes) is 1. The van der Waals surface area contributed by atoms with Crippen LogP contribution in [-0.2, 0) is 9.53 Å². The summed E-state index contributed by atoms with van der Waals surface area (Å²) in [6.45, 7) is 9.35. The van der Waals surface area contributed by atoms with Crippen LogP contribution in [0.25, 0.3) is 11.7 Å². The Labute approximate surface area is 210 Å². The standard InChI is InChI=1S/C25H32N4O3S2/c1-4-6-9-18(5-2)16-29-24(31)20(34-25(29)33)15-19-22(27-11-13-32-14-12-27)26-21-17(3)8-7-10-28(21)23(19)30/h7-8,10,15,18H,4-6,9,11-14,16H2,1-3H3. The number of carbonyl (C=O) groups excluding carboxylic acids is 1. The molecule has 4 rings (SSSR count). The van der Waals surface area contributed by atoms with Crippen molar-refractivity contribution in [2.45, 2.75) is 46.5 Å². The first kappa shape index (κ1) is 24.9. The number of nitrogens with zero attached hydrogens (tertiary/aromatic N) is 4. The second-order valence-corrected chi connectivity index (χ2v) is 10.5. The van der Waals surface area contributed by atoms with E-state index in [1.807, 2.05) is 19.1 Å². The molecule has 182 valence electrons. The van der Waals surface area contributed by atoms with Crippen molar-refractivity contribution in [3.63, 3.8) is 0 Å². The van der Waals surface area contributed by atoms with Crippen LogP contribution in [0.15, 0.2) is 28.0 Å². The molecule has 0 saturated carbocycles. The number of aromatic nitrogens is 2. The highest BCUT2D eigenvalue weighted by atomic mass is 32.2. The minimum atomic E-state index is -0.185. The molecule has 0 radical (unpaired) electrons. The maximum atomic E-state index is 13.6. The molecule has 2 aromatic heterocycles. The lowest BCUT2D eigenvalue weighted by molar-refractivity contribution is -0.122. The number of rotatable bonds is 8. The first-order valence-corrected chi connectivity index (χ1v) is 13.3. The Morgan fingerprint density at radius 2 is 2.03 bits per heavy atom. The van der Waals surface area contributed by atoms with Crippen molar-refractivity contribution >= 4 is 51.7 Å². The van der Waals surface area contributed by atoms with Gasteiger partial charge in [0.15, 0.2) is 0 Å². The quantitative estimate of drug-likeness (QED) is 0.396. The van der Waals surface area contributed by atoms with E-state index in [1.165, 1.54) is 11.8 Å². The van der Waals surface area contributed by atoms with Crippen molar-refractivity contribution in [1.29, 1.82) is 0 Å². The Bertz CT molecular complexity index is 1170. The molecular formula is C25H32N4O3S2. The largest absolute Gasteiger partial charge is 0.378 e. The zero-order chi connectivity index (χ0) is 24.2. The number of carbonyl (C=O) groups is 1. The number of anilines is 1. The molecule has 0 aromatic carbocycles. The normalized spacial score (nSPS) is 19.0. The van der Waals surface area contributed by atoms with Gasteiger partial charge < -0.3 is 9.64 Å². The summed E-state index contributed by atoms with van der Waals surface area (Å²) in [5.41, 5.74) is 1.78. The minimum absolute atomic E-state index is 0.119. The third kappa shape index (κ3) is 5.06. The highest BCUT2D eigenvalue weighted by Crippen LogP contribution is 2.35. The molecule has 0 bridgehead atoms. The fourth-order valence-electron chi connectivity index (χ4n) is 4.41. The molecule has 2 aliphatic rings. The number of ether oxygens (including phenoxy) is 1. The third-order valence-corrected chi connectivity index (χ3v) is 7.89. The van der Waals surface area contributed by atoms with E-state index in [0.717, 1.165) is 31.2 Å². The van der Waals surface area contributed by atoms with Gasteiger partial charge in [-0.3, -0.25) is 18.9 Å². The van der Waals surface area contributed by atoms with E-state index < -0.39 is 0 Å². The summed E-state index contributed by atoms with van der Waals surface area (Å²) < 4.78 is 7.62. The van der Waals surface area contributed by atoms with Crippen LogP contribution in [-0.4, -0.2) is 57.4 Å². The van der Waals surface area contributed by atoms with Crippen molar-refractivity contribution < 1.29 is 9.53 Å². The minimum Gasteiger partial charge on any atom is -0.378 e. The Morgan fingerprint density at radius 3 is 2.74 bits per heavy atom. The van der Waals surface area contributed by atoms with Crippen molar-refractivity contribution in [2.75, 3.05) is 37.7 Å². The molecule has 2 fully saturated rings. The van der Waals surface area contributed by atoms with Gasteiger partial charge in [-0.15, -0.1) is 0 Å². The number of thioether (sulfide) groups is 1. The van der Waals surface area contributed by atoms with Crippen molar-refractivity contribution in [2.24, 2.45) is 5.92 Å². The third-order valence-electron chi connectivity index (χ3n) is 6.51. The first-order chi connectivity index (χ1) is 16.4. The van der Waals surface area contributed by atoms with Gasteiger partial charge in [0.2, 0.25) is 0 Å².